The standard InChI is InChI=1S/C52H31N3O2/c1-3-13-32(14-4-1)49-53-50(33-15-5-2-6-16-33)55-51(54-49)36-24-27-39-40-29-34(25-28-45(40)56-48(39)31-36)35-23-26-38-37-17-7-8-18-41(37)52(44(38)30-35)42-19-9-11-21-46(42)57-47-22-12-10-20-43(47)52/h1-31H. The van der Waals surface area contributed by atoms with Crippen LogP contribution in [0, 0.1) is 0 Å². The Kier molecular flexibility index (Phi) is 6.78. The van der Waals surface area contributed by atoms with Gasteiger partial charge in [0.15, 0.2) is 17.5 Å². The summed E-state index contributed by atoms with van der Waals surface area (Å²) in [6.45, 7) is 0. The van der Waals surface area contributed by atoms with E-state index >= 15 is 0 Å². The third-order valence-electron chi connectivity index (χ3n) is 11.6. The van der Waals surface area contributed by atoms with E-state index in [4.69, 9.17) is 24.1 Å². The SMILES string of the molecule is c1ccc(-c2nc(-c3ccccc3)nc(-c3ccc4c(c3)oc3ccc(-c5ccc6c(c5)C5(c7ccccc7Oc7ccccc75)c5ccccc5-6)cc34)n2)cc1. The van der Waals surface area contributed by atoms with Crippen LogP contribution in [0.3, 0.4) is 0 Å². The molecule has 0 unspecified atom stereocenters. The van der Waals surface area contributed by atoms with E-state index in [9.17, 15) is 0 Å². The van der Waals surface area contributed by atoms with Crippen LogP contribution in [-0.2, 0) is 5.41 Å². The van der Waals surface area contributed by atoms with Crippen molar-refractivity contribution in [1.82, 2.24) is 15.0 Å². The highest BCUT2D eigenvalue weighted by Gasteiger charge is 2.51. The number of hydrogen-bond donors (Lipinski definition) is 0. The van der Waals surface area contributed by atoms with Crippen LogP contribution in [0.25, 0.3) is 78.4 Å². The van der Waals surface area contributed by atoms with Gasteiger partial charge in [-0.1, -0.05) is 146 Å². The van der Waals surface area contributed by atoms with Crippen molar-refractivity contribution in [2.45, 2.75) is 5.41 Å². The molecular weight excluding hydrogens is 699 g/mol. The second-order valence-electron chi connectivity index (χ2n) is 14.7. The molecule has 0 saturated carbocycles. The van der Waals surface area contributed by atoms with Crippen LogP contribution in [0.2, 0.25) is 0 Å². The summed E-state index contributed by atoms with van der Waals surface area (Å²) in [6, 6.07) is 65.6. The van der Waals surface area contributed by atoms with E-state index in [0.29, 0.717) is 17.5 Å². The molecule has 0 fully saturated rings. The summed E-state index contributed by atoms with van der Waals surface area (Å²) < 4.78 is 13.1. The van der Waals surface area contributed by atoms with Crippen molar-refractivity contribution in [2.75, 3.05) is 0 Å². The fraction of sp³-hybridized carbons (Fsp3) is 0.0192. The smallest absolute Gasteiger partial charge is 0.164 e. The van der Waals surface area contributed by atoms with E-state index in [1.807, 2.05) is 66.7 Å². The van der Waals surface area contributed by atoms with Crippen LogP contribution >= 0.6 is 0 Å². The number of hydrogen-bond acceptors (Lipinski definition) is 5. The van der Waals surface area contributed by atoms with Crippen molar-refractivity contribution >= 4 is 21.9 Å². The molecule has 10 aromatic rings. The molecule has 0 saturated heterocycles. The van der Waals surface area contributed by atoms with Crippen LogP contribution in [0.4, 0.5) is 0 Å². The third-order valence-corrected chi connectivity index (χ3v) is 11.6. The van der Waals surface area contributed by atoms with Crippen LogP contribution in [0.15, 0.2) is 192 Å². The first-order valence-electron chi connectivity index (χ1n) is 19.2. The molecule has 1 aliphatic heterocycles. The monoisotopic (exact) mass is 729 g/mol. The Morgan fingerprint density at radius 1 is 0.333 bits per heavy atom. The highest BCUT2D eigenvalue weighted by Crippen LogP contribution is 2.62. The molecular formula is C52H31N3O2. The van der Waals surface area contributed by atoms with Crippen LogP contribution in [0.1, 0.15) is 22.3 Å². The molecule has 0 bridgehead atoms. The maximum absolute atomic E-state index is 6.56. The molecule has 5 nitrogen and oxygen atoms in total. The summed E-state index contributed by atoms with van der Waals surface area (Å²) in [7, 11) is 0. The van der Waals surface area contributed by atoms with Gasteiger partial charge < -0.3 is 9.15 Å². The van der Waals surface area contributed by atoms with Crippen molar-refractivity contribution in [3.05, 3.63) is 210 Å². The Morgan fingerprint density at radius 2 is 0.860 bits per heavy atom. The second kappa shape index (κ2) is 12.2. The van der Waals surface area contributed by atoms with Crippen molar-refractivity contribution in [2.24, 2.45) is 0 Å². The lowest BCUT2D eigenvalue weighted by atomic mass is 9.66. The van der Waals surface area contributed by atoms with Crippen LogP contribution in [0.5, 0.6) is 11.5 Å². The van der Waals surface area contributed by atoms with E-state index in [0.717, 1.165) is 72.4 Å². The molecule has 2 aromatic heterocycles. The first kappa shape index (κ1) is 31.7. The predicted molar refractivity (Wildman–Crippen MR) is 226 cm³/mol. The van der Waals surface area contributed by atoms with Gasteiger partial charge in [0.1, 0.15) is 22.7 Å². The van der Waals surface area contributed by atoms with E-state index < -0.39 is 5.41 Å². The zero-order valence-corrected chi connectivity index (χ0v) is 30.6. The number of ether oxygens (including phenoxy) is 1. The molecule has 8 aromatic carbocycles. The fourth-order valence-corrected chi connectivity index (χ4v) is 9.07. The molecule has 5 heteroatoms. The van der Waals surface area contributed by atoms with Gasteiger partial charge in [-0.05, 0) is 75.8 Å². The van der Waals surface area contributed by atoms with Gasteiger partial charge >= 0.3 is 0 Å². The number of benzene rings is 8. The number of nitrogens with zero attached hydrogens (tertiary/aromatic N) is 3. The van der Waals surface area contributed by atoms with E-state index in [1.54, 1.807) is 0 Å². The number of rotatable bonds is 4. The lowest BCUT2D eigenvalue weighted by molar-refractivity contribution is 0.436. The topological polar surface area (TPSA) is 61.0 Å². The lowest BCUT2D eigenvalue weighted by Crippen LogP contribution is -2.32. The quantitative estimate of drug-likeness (QED) is 0.180. The molecule has 266 valence electrons. The fourth-order valence-electron chi connectivity index (χ4n) is 9.07. The largest absolute Gasteiger partial charge is 0.457 e. The summed E-state index contributed by atoms with van der Waals surface area (Å²) in [4.78, 5) is 14.8. The Labute approximate surface area is 328 Å². The van der Waals surface area contributed by atoms with Crippen LogP contribution in [-0.4, -0.2) is 15.0 Å². The number of aromatic nitrogens is 3. The van der Waals surface area contributed by atoms with E-state index in [-0.39, 0.29) is 0 Å². The number of furan rings is 1. The molecule has 0 radical (unpaired) electrons. The predicted octanol–water partition coefficient (Wildman–Crippen LogP) is 12.9. The Morgan fingerprint density at radius 3 is 1.54 bits per heavy atom. The third kappa shape index (κ3) is 4.72. The minimum atomic E-state index is -0.522. The lowest BCUT2D eigenvalue weighted by Gasteiger charge is -2.39. The van der Waals surface area contributed by atoms with Gasteiger partial charge in [-0.2, -0.15) is 0 Å². The maximum atomic E-state index is 6.56. The van der Waals surface area contributed by atoms with E-state index in [1.165, 1.54) is 22.3 Å². The zero-order chi connectivity index (χ0) is 37.5. The summed E-state index contributed by atoms with van der Waals surface area (Å²) in [5.74, 6) is 3.62. The van der Waals surface area contributed by atoms with Gasteiger partial charge in [0.25, 0.3) is 0 Å². The van der Waals surface area contributed by atoms with Crippen molar-refractivity contribution < 1.29 is 9.15 Å². The molecule has 1 spiro atoms. The molecule has 12 rings (SSSR count). The van der Waals surface area contributed by atoms with Gasteiger partial charge in [0, 0.05) is 38.6 Å². The van der Waals surface area contributed by atoms with Gasteiger partial charge in [-0.15, -0.1) is 0 Å². The van der Waals surface area contributed by atoms with Crippen molar-refractivity contribution in [1.29, 1.82) is 0 Å². The molecule has 2 aliphatic rings. The average molecular weight is 730 g/mol. The van der Waals surface area contributed by atoms with Crippen LogP contribution < -0.4 is 4.74 Å². The summed E-state index contributed by atoms with van der Waals surface area (Å²) >= 11 is 0. The van der Waals surface area contributed by atoms with E-state index in [2.05, 4.69) is 121 Å². The summed E-state index contributed by atoms with van der Waals surface area (Å²) in [5.41, 5.74) is 13.4. The summed E-state index contributed by atoms with van der Waals surface area (Å²) in [5, 5.41) is 2.09. The zero-order valence-electron chi connectivity index (χ0n) is 30.6. The number of fused-ring (bicyclic) bond motifs is 12. The number of para-hydroxylation sites is 2. The minimum Gasteiger partial charge on any atom is -0.457 e. The molecule has 1 aliphatic carbocycles. The Balaban J connectivity index is 0.994. The molecule has 0 atom stereocenters. The van der Waals surface area contributed by atoms with Crippen molar-refractivity contribution in [3.8, 4) is 67.9 Å². The highest BCUT2D eigenvalue weighted by atomic mass is 16.5. The molecule has 0 amide bonds. The highest BCUT2D eigenvalue weighted by molar-refractivity contribution is 6.07. The Hall–Kier alpha value is -7.63. The minimum absolute atomic E-state index is 0.522. The van der Waals surface area contributed by atoms with Gasteiger partial charge in [-0.25, -0.2) is 15.0 Å². The first-order valence-corrected chi connectivity index (χ1v) is 19.2. The molecule has 57 heavy (non-hydrogen) atoms. The Bertz CT molecular complexity index is 3120. The molecule has 0 N–H and O–H groups in total. The van der Waals surface area contributed by atoms with Gasteiger partial charge in [0.05, 0.1) is 5.41 Å². The maximum Gasteiger partial charge on any atom is 0.164 e. The first-order chi connectivity index (χ1) is 28.2. The van der Waals surface area contributed by atoms with Crippen molar-refractivity contribution in [3.63, 3.8) is 0 Å². The average Bonchev–Trinajstić information content (AvgIpc) is 3.79. The van der Waals surface area contributed by atoms with Gasteiger partial charge in [-0.3, -0.25) is 0 Å². The normalized spacial score (nSPS) is 13.2. The molecule has 3 heterocycles. The van der Waals surface area contributed by atoms with Gasteiger partial charge in [0.2, 0.25) is 0 Å². The second-order valence-corrected chi connectivity index (χ2v) is 14.7. The summed E-state index contributed by atoms with van der Waals surface area (Å²) in [6.07, 6.45) is 0.